The molecule has 1 amide bonds. The molecule has 0 aromatic heterocycles. The van der Waals surface area contributed by atoms with Crippen LogP contribution in [0, 0.1) is 5.41 Å². The summed E-state index contributed by atoms with van der Waals surface area (Å²) in [7, 11) is 0. The van der Waals surface area contributed by atoms with Crippen molar-refractivity contribution >= 4 is 11.6 Å². The minimum Gasteiger partial charge on any atom is -0.326 e. The number of hydrogen-bond acceptors (Lipinski definition) is 1. The Hall–Kier alpha value is -1.31. The number of para-hydroxylation sites is 1. The Labute approximate surface area is 97.1 Å². The van der Waals surface area contributed by atoms with Gasteiger partial charge in [0.2, 0.25) is 5.91 Å². The highest BCUT2D eigenvalue weighted by molar-refractivity contribution is 5.95. The monoisotopic (exact) mass is 217 g/mol. The fraction of sp³-hybridized carbons (Fsp3) is 0.500. The smallest absolute Gasteiger partial charge is 0.230 e. The lowest BCUT2D eigenvalue weighted by Crippen LogP contribution is -2.33. The van der Waals surface area contributed by atoms with Crippen LogP contribution in [-0.2, 0) is 4.79 Å². The van der Waals surface area contributed by atoms with Gasteiger partial charge in [-0.1, -0.05) is 38.0 Å². The third-order valence-corrected chi connectivity index (χ3v) is 3.75. The Kier molecular flexibility index (Phi) is 3.28. The highest BCUT2D eigenvalue weighted by Gasteiger charge is 2.39. The van der Waals surface area contributed by atoms with Crippen molar-refractivity contribution in [3.8, 4) is 0 Å². The summed E-state index contributed by atoms with van der Waals surface area (Å²) in [5.74, 6) is 0.207. The predicted molar refractivity (Wildman–Crippen MR) is 66.3 cm³/mol. The summed E-state index contributed by atoms with van der Waals surface area (Å²) in [6.45, 7) is 2.12. The lowest BCUT2D eigenvalue weighted by Gasteiger charge is -2.25. The second-order valence-corrected chi connectivity index (χ2v) is 4.66. The molecule has 1 aromatic rings. The zero-order valence-electron chi connectivity index (χ0n) is 9.83. The van der Waals surface area contributed by atoms with Crippen LogP contribution >= 0.6 is 0 Å². The second kappa shape index (κ2) is 4.69. The zero-order valence-corrected chi connectivity index (χ0v) is 9.83. The average molecular weight is 217 g/mol. The van der Waals surface area contributed by atoms with Crippen LogP contribution in [0.3, 0.4) is 0 Å². The topological polar surface area (TPSA) is 29.1 Å². The van der Waals surface area contributed by atoms with Gasteiger partial charge in [-0.25, -0.2) is 0 Å². The van der Waals surface area contributed by atoms with Gasteiger partial charge >= 0.3 is 0 Å². The van der Waals surface area contributed by atoms with Gasteiger partial charge in [0.25, 0.3) is 0 Å². The van der Waals surface area contributed by atoms with E-state index in [1.165, 1.54) is 12.8 Å². The zero-order chi connectivity index (χ0) is 11.4. The van der Waals surface area contributed by atoms with Crippen LogP contribution < -0.4 is 5.32 Å². The number of carbonyl (C=O) groups is 1. The normalized spacial score (nSPS) is 18.3. The minimum absolute atomic E-state index is 0.101. The van der Waals surface area contributed by atoms with Gasteiger partial charge in [0, 0.05) is 11.1 Å². The number of anilines is 1. The van der Waals surface area contributed by atoms with Crippen LogP contribution in [0.4, 0.5) is 5.69 Å². The highest BCUT2D eigenvalue weighted by Crippen LogP contribution is 2.41. The third-order valence-electron chi connectivity index (χ3n) is 3.75. The Morgan fingerprint density at radius 2 is 1.88 bits per heavy atom. The van der Waals surface area contributed by atoms with Crippen molar-refractivity contribution in [2.45, 2.75) is 39.0 Å². The van der Waals surface area contributed by atoms with E-state index in [0.29, 0.717) is 0 Å². The first-order valence-electron chi connectivity index (χ1n) is 6.13. The summed E-state index contributed by atoms with van der Waals surface area (Å²) in [6, 6.07) is 9.74. The van der Waals surface area contributed by atoms with Crippen molar-refractivity contribution in [3.05, 3.63) is 30.3 Å². The predicted octanol–water partition coefficient (Wildman–Crippen LogP) is 3.60. The number of carbonyl (C=O) groups excluding carboxylic acids is 1. The molecule has 86 valence electrons. The van der Waals surface area contributed by atoms with Crippen molar-refractivity contribution in [3.63, 3.8) is 0 Å². The van der Waals surface area contributed by atoms with Crippen LogP contribution in [0.25, 0.3) is 0 Å². The fourth-order valence-corrected chi connectivity index (χ4v) is 2.58. The summed E-state index contributed by atoms with van der Waals surface area (Å²) in [5, 5.41) is 3.04. The van der Waals surface area contributed by atoms with E-state index >= 15 is 0 Å². The van der Waals surface area contributed by atoms with Crippen LogP contribution in [-0.4, -0.2) is 5.91 Å². The molecule has 1 aliphatic carbocycles. The van der Waals surface area contributed by atoms with Gasteiger partial charge in [-0.05, 0) is 31.4 Å². The van der Waals surface area contributed by atoms with Gasteiger partial charge in [0.1, 0.15) is 0 Å². The number of rotatable bonds is 3. The summed E-state index contributed by atoms with van der Waals surface area (Å²) >= 11 is 0. The molecule has 1 aliphatic rings. The summed E-state index contributed by atoms with van der Waals surface area (Å²) in [4.78, 5) is 12.3. The van der Waals surface area contributed by atoms with Crippen LogP contribution in [0.5, 0.6) is 0 Å². The molecule has 0 saturated heterocycles. The van der Waals surface area contributed by atoms with E-state index < -0.39 is 0 Å². The van der Waals surface area contributed by atoms with Gasteiger partial charge in [0.15, 0.2) is 0 Å². The first-order chi connectivity index (χ1) is 7.77. The molecule has 0 heterocycles. The van der Waals surface area contributed by atoms with Crippen molar-refractivity contribution in [1.29, 1.82) is 0 Å². The molecule has 2 rings (SSSR count). The molecule has 1 saturated carbocycles. The van der Waals surface area contributed by atoms with E-state index in [-0.39, 0.29) is 11.3 Å². The summed E-state index contributed by atoms with van der Waals surface area (Å²) in [5.41, 5.74) is 0.808. The third kappa shape index (κ3) is 2.11. The van der Waals surface area contributed by atoms with E-state index in [2.05, 4.69) is 12.2 Å². The molecule has 1 N–H and O–H groups in total. The number of nitrogens with one attached hydrogen (secondary N) is 1. The molecule has 2 nitrogen and oxygen atoms in total. The fourth-order valence-electron chi connectivity index (χ4n) is 2.58. The van der Waals surface area contributed by atoms with E-state index in [9.17, 15) is 4.79 Å². The highest BCUT2D eigenvalue weighted by atomic mass is 16.2. The number of hydrogen-bond donors (Lipinski definition) is 1. The molecule has 1 fully saturated rings. The second-order valence-electron chi connectivity index (χ2n) is 4.66. The molecule has 1 aromatic carbocycles. The van der Waals surface area contributed by atoms with Crippen LogP contribution in [0.2, 0.25) is 0 Å². The largest absolute Gasteiger partial charge is 0.326 e. The van der Waals surface area contributed by atoms with Gasteiger partial charge in [-0.3, -0.25) is 4.79 Å². The van der Waals surface area contributed by atoms with E-state index in [1.807, 2.05) is 30.3 Å². The van der Waals surface area contributed by atoms with Crippen molar-refractivity contribution in [2.75, 3.05) is 5.32 Å². The van der Waals surface area contributed by atoms with Gasteiger partial charge in [-0.2, -0.15) is 0 Å². The molecule has 2 heteroatoms. The van der Waals surface area contributed by atoms with Gasteiger partial charge in [0.05, 0.1) is 0 Å². The van der Waals surface area contributed by atoms with Crippen molar-refractivity contribution in [1.82, 2.24) is 0 Å². The molecule has 0 atom stereocenters. The first-order valence-corrected chi connectivity index (χ1v) is 6.13. The van der Waals surface area contributed by atoms with Crippen LogP contribution in [0.15, 0.2) is 30.3 Å². The molecule has 0 unspecified atom stereocenters. The Morgan fingerprint density at radius 3 is 2.44 bits per heavy atom. The van der Waals surface area contributed by atoms with E-state index in [0.717, 1.165) is 24.9 Å². The standard InChI is InChI=1S/C14H19NO/c1-2-14(10-6-7-11-14)13(16)15-12-8-4-3-5-9-12/h3-5,8-9H,2,6-7,10-11H2,1H3,(H,15,16). The van der Waals surface area contributed by atoms with Crippen LogP contribution in [0.1, 0.15) is 39.0 Å². The molecule has 0 radical (unpaired) electrons. The summed E-state index contributed by atoms with van der Waals surface area (Å²) < 4.78 is 0. The molecule has 0 spiro atoms. The molecule has 0 bridgehead atoms. The maximum absolute atomic E-state index is 12.3. The summed E-state index contributed by atoms with van der Waals surface area (Å²) in [6.07, 6.45) is 5.42. The molecular formula is C14H19NO. The Bertz CT molecular complexity index is 352. The van der Waals surface area contributed by atoms with Crippen molar-refractivity contribution < 1.29 is 4.79 Å². The molecule has 0 aliphatic heterocycles. The first kappa shape index (κ1) is 11.2. The SMILES string of the molecule is CCC1(C(=O)Nc2ccccc2)CCCC1. The molecular weight excluding hydrogens is 198 g/mol. The van der Waals surface area contributed by atoms with E-state index in [1.54, 1.807) is 0 Å². The van der Waals surface area contributed by atoms with Gasteiger partial charge in [-0.15, -0.1) is 0 Å². The van der Waals surface area contributed by atoms with E-state index in [4.69, 9.17) is 0 Å². The number of benzene rings is 1. The Morgan fingerprint density at radius 1 is 1.25 bits per heavy atom. The lowest BCUT2D eigenvalue weighted by molar-refractivity contribution is -0.125. The molecule has 16 heavy (non-hydrogen) atoms. The lowest BCUT2D eigenvalue weighted by atomic mass is 9.82. The number of amides is 1. The quantitative estimate of drug-likeness (QED) is 0.823. The maximum Gasteiger partial charge on any atom is 0.230 e. The average Bonchev–Trinajstić information content (AvgIpc) is 2.80. The van der Waals surface area contributed by atoms with Crippen molar-refractivity contribution in [2.24, 2.45) is 5.41 Å². The Balaban J connectivity index is 2.07. The minimum atomic E-state index is -0.101. The van der Waals surface area contributed by atoms with Gasteiger partial charge < -0.3 is 5.32 Å². The maximum atomic E-state index is 12.3.